The zero-order valence-corrected chi connectivity index (χ0v) is 20.1. The molecule has 34 heavy (non-hydrogen) atoms. The summed E-state index contributed by atoms with van der Waals surface area (Å²) in [6.07, 6.45) is 9.09. The Hall–Kier alpha value is -2.36. The van der Waals surface area contributed by atoms with Crippen molar-refractivity contribution in [3.8, 4) is 11.1 Å². The van der Waals surface area contributed by atoms with Gasteiger partial charge >= 0.3 is 0 Å². The lowest BCUT2D eigenvalue weighted by atomic mass is 9.76. The van der Waals surface area contributed by atoms with E-state index in [2.05, 4.69) is 6.92 Å². The number of hydrogen-bond donors (Lipinski definition) is 0. The molecule has 1 fully saturated rings. The van der Waals surface area contributed by atoms with E-state index in [1.807, 2.05) is 30.3 Å². The molecular weight excluding hydrogens is 436 g/mol. The third kappa shape index (κ3) is 5.31. The minimum Gasteiger partial charge on any atom is -0.208 e. The maximum absolute atomic E-state index is 15.1. The summed E-state index contributed by atoms with van der Waals surface area (Å²) in [6.45, 7) is 3.81. The summed E-state index contributed by atoms with van der Waals surface area (Å²) in [5, 5.41) is 0. The molecule has 0 N–H and O–H groups in total. The number of benzene rings is 2. The van der Waals surface area contributed by atoms with Gasteiger partial charge in [0, 0.05) is 11.5 Å². The molecule has 0 heterocycles. The lowest BCUT2D eigenvalue weighted by molar-refractivity contribution is 0.303. The maximum Gasteiger partial charge on any atom is 0.166 e. The van der Waals surface area contributed by atoms with Gasteiger partial charge in [-0.25, -0.2) is 17.6 Å². The van der Waals surface area contributed by atoms with E-state index in [1.165, 1.54) is 5.56 Å². The molecule has 0 aromatic heterocycles. The van der Waals surface area contributed by atoms with Crippen LogP contribution in [-0.2, 0) is 6.42 Å². The minimum atomic E-state index is -0.773. The summed E-state index contributed by atoms with van der Waals surface area (Å²) in [7, 11) is 0. The maximum atomic E-state index is 15.1. The van der Waals surface area contributed by atoms with Crippen LogP contribution in [0.4, 0.5) is 17.6 Å². The van der Waals surface area contributed by atoms with Crippen LogP contribution >= 0.6 is 0 Å². The number of rotatable bonds is 7. The highest BCUT2D eigenvalue weighted by molar-refractivity contribution is 5.65. The standard InChI is InChI=1S/C30H34F4/c1-3-4-20-6-12-22(13-7-20)25-17-18-26(30(34)29(25)33)23-14-8-21(9-15-23)10-16-24-11-5-19(2)27(31)28(24)32/h6-7,11-13,17-19,21,23H,3-5,8-10,14-16H2,1-2H3. The molecule has 4 heteroatoms. The SMILES string of the molecule is CCCc1ccc(-c2ccc(C3CCC(CCC4=CCC(C)C(F)=C4F)CC3)c(F)c2F)cc1. The van der Waals surface area contributed by atoms with E-state index in [4.69, 9.17) is 0 Å². The largest absolute Gasteiger partial charge is 0.208 e. The van der Waals surface area contributed by atoms with Gasteiger partial charge in [0.1, 0.15) is 5.83 Å². The van der Waals surface area contributed by atoms with E-state index in [0.29, 0.717) is 41.0 Å². The quantitative estimate of drug-likeness (QED) is 0.353. The van der Waals surface area contributed by atoms with E-state index < -0.39 is 23.3 Å². The van der Waals surface area contributed by atoms with Crippen LogP contribution in [0.1, 0.15) is 82.3 Å². The minimum absolute atomic E-state index is 0.00412. The first kappa shape index (κ1) is 24.8. The van der Waals surface area contributed by atoms with Crippen LogP contribution in [0.25, 0.3) is 11.1 Å². The number of halogens is 4. The number of allylic oxidation sites excluding steroid dienone is 4. The van der Waals surface area contributed by atoms with Gasteiger partial charge in [-0.15, -0.1) is 0 Å². The van der Waals surface area contributed by atoms with Gasteiger partial charge in [0.2, 0.25) is 0 Å². The van der Waals surface area contributed by atoms with Crippen molar-refractivity contribution in [3.05, 3.63) is 82.5 Å². The molecule has 2 aliphatic carbocycles. The Bertz CT molecular complexity index is 1060. The molecule has 4 rings (SSSR count). The first-order valence-corrected chi connectivity index (χ1v) is 12.7. The molecule has 0 spiro atoms. The predicted molar refractivity (Wildman–Crippen MR) is 131 cm³/mol. The first-order valence-electron chi connectivity index (χ1n) is 12.7. The Kier molecular flexibility index (Phi) is 7.95. The van der Waals surface area contributed by atoms with Crippen LogP contribution in [0.15, 0.2) is 59.7 Å². The number of hydrogen-bond acceptors (Lipinski definition) is 0. The number of aryl methyl sites for hydroxylation is 1. The van der Waals surface area contributed by atoms with Crippen molar-refractivity contribution in [2.45, 2.75) is 77.6 Å². The average Bonchev–Trinajstić information content (AvgIpc) is 2.85. The summed E-state index contributed by atoms with van der Waals surface area (Å²) in [5.74, 6) is -2.78. The second kappa shape index (κ2) is 10.9. The smallest absolute Gasteiger partial charge is 0.166 e. The van der Waals surface area contributed by atoms with Gasteiger partial charge in [0.25, 0.3) is 0 Å². The molecule has 2 aromatic rings. The van der Waals surface area contributed by atoms with Crippen molar-refractivity contribution in [1.82, 2.24) is 0 Å². The summed E-state index contributed by atoms with van der Waals surface area (Å²) in [4.78, 5) is 0. The Morgan fingerprint density at radius 3 is 2.21 bits per heavy atom. The van der Waals surface area contributed by atoms with E-state index in [0.717, 1.165) is 44.9 Å². The summed E-state index contributed by atoms with van der Waals surface area (Å²) >= 11 is 0. The molecule has 0 bridgehead atoms. The van der Waals surface area contributed by atoms with Crippen molar-refractivity contribution in [2.24, 2.45) is 11.8 Å². The van der Waals surface area contributed by atoms with Gasteiger partial charge in [-0.3, -0.25) is 0 Å². The third-order valence-corrected chi connectivity index (χ3v) is 7.67. The van der Waals surface area contributed by atoms with Gasteiger partial charge in [-0.2, -0.15) is 0 Å². The van der Waals surface area contributed by atoms with E-state index in [1.54, 1.807) is 19.1 Å². The summed E-state index contributed by atoms with van der Waals surface area (Å²) < 4.78 is 58.1. The van der Waals surface area contributed by atoms with Crippen molar-refractivity contribution in [1.29, 1.82) is 0 Å². The zero-order valence-electron chi connectivity index (χ0n) is 20.1. The lowest BCUT2D eigenvalue weighted by Gasteiger charge is -2.29. The fourth-order valence-electron chi connectivity index (χ4n) is 5.46. The molecular formula is C30H34F4. The molecule has 182 valence electrons. The van der Waals surface area contributed by atoms with Gasteiger partial charge in [0.15, 0.2) is 17.5 Å². The lowest BCUT2D eigenvalue weighted by Crippen LogP contribution is -2.15. The molecule has 1 saturated carbocycles. The molecule has 0 saturated heterocycles. The van der Waals surface area contributed by atoms with Crippen molar-refractivity contribution < 1.29 is 17.6 Å². The van der Waals surface area contributed by atoms with E-state index >= 15 is 4.39 Å². The van der Waals surface area contributed by atoms with Crippen LogP contribution in [0, 0.1) is 23.5 Å². The Labute approximate surface area is 200 Å². The van der Waals surface area contributed by atoms with E-state index in [9.17, 15) is 13.2 Å². The Morgan fingerprint density at radius 1 is 0.824 bits per heavy atom. The van der Waals surface area contributed by atoms with Gasteiger partial charge in [-0.05, 0) is 85.5 Å². The van der Waals surface area contributed by atoms with Crippen LogP contribution < -0.4 is 0 Å². The van der Waals surface area contributed by atoms with Crippen molar-refractivity contribution in [2.75, 3.05) is 0 Å². The molecule has 1 unspecified atom stereocenters. The Balaban J connectivity index is 1.36. The average molecular weight is 471 g/mol. The van der Waals surface area contributed by atoms with Crippen LogP contribution in [0.2, 0.25) is 0 Å². The molecule has 0 nitrogen and oxygen atoms in total. The molecule has 1 atom stereocenters. The molecule has 0 radical (unpaired) electrons. The van der Waals surface area contributed by atoms with Crippen molar-refractivity contribution in [3.63, 3.8) is 0 Å². The highest BCUT2D eigenvalue weighted by Crippen LogP contribution is 2.41. The summed E-state index contributed by atoms with van der Waals surface area (Å²) in [5.41, 5.74) is 3.14. The molecule has 2 aliphatic rings. The molecule has 2 aromatic carbocycles. The highest BCUT2D eigenvalue weighted by Gasteiger charge is 2.28. The van der Waals surface area contributed by atoms with Crippen LogP contribution in [-0.4, -0.2) is 0 Å². The van der Waals surface area contributed by atoms with Crippen molar-refractivity contribution >= 4 is 0 Å². The second-order valence-electron chi connectivity index (χ2n) is 10.1. The van der Waals surface area contributed by atoms with Crippen LogP contribution in [0.5, 0.6) is 0 Å². The van der Waals surface area contributed by atoms with Gasteiger partial charge in [0.05, 0.1) is 0 Å². The summed E-state index contributed by atoms with van der Waals surface area (Å²) in [6, 6.07) is 11.1. The zero-order chi connectivity index (χ0) is 24.2. The topological polar surface area (TPSA) is 0 Å². The van der Waals surface area contributed by atoms with Gasteiger partial charge < -0.3 is 0 Å². The van der Waals surface area contributed by atoms with Crippen LogP contribution in [0.3, 0.4) is 0 Å². The molecule has 0 aliphatic heterocycles. The second-order valence-corrected chi connectivity index (χ2v) is 10.1. The normalized spacial score (nSPS) is 23.2. The fourth-order valence-corrected chi connectivity index (χ4v) is 5.46. The first-order chi connectivity index (χ1) is 16.4. The van der Waals surface area contributed by atoms with E-state index in [-0.39, 0.29) is 11.8 Å². The fraction of sp³-hybridized carbons (Fsp3) is 0.467. The third-order valence-electron chi connectivity index (χ3n) is 7.67. The molecule has 0 amide bonds. The predicted octanol–water partition coefficient (Wildman–Crippen LogP) is 9.76. The van der Waals surface area contributed by atoms with Gasteiger partial charge in [-0.1, -0.05) is 62.7 Å². The monoisotopic (exact) mass is 470 g/mol. The Morgan fingerprint density at radius 2 is 1.53 bits per heavy atom. The highest BCUT2D eigenvalue weighted by atomic mass is 19.2.